The van der Waals surface area contributed by atoms with Gasteiger partial charge in [0.05, 0.1) is 17.5 Å². The lowest BCUT2D eigenvalue weighted by Crippen LogP contribution is -2.49. The maximum absolute atomic E-state index is 13.0. The third-order valence-electron chi connectivity index (χ3n) is 5.42. The van der Waals surface area contributed by atoms with Gasteiger partial charge in [0.15, 0.2) is 0 Å². The molecule has 0 aliphatic carbocycles. The highest BCUT2D eigenvalue weighted by molar-refractivity contribution is 7.92. The number of amides is 1. The molecule has 0 aromatic heterocycles. The predicted molar refractivity (Wildman–Crippen MR) is 123 cm³/mol. The largest absolute Gasteiger partial charge is 0.416 e. The Balaban J connectivity index is 1.53. The number of alkyl halides is 3. The number of anilines is 2. The van der Waals surface area contributed by atoms with Crippen molar-refractivity contribution in [2.45, 2.75) is 19.0 Å². The molecule has 2 aromatic carbocycles. The summed E-state index contributed by atoms with van der Waals surface area (Å²) < 4.78 is 64.5. The highest BCUT2D eigenvalue weighted by Crippen LogP contribution is 2.32. The van der Waals surface area contributed by atoms with Crippen LogP contribution < -0.4 is 9.21 Å². The van der Waals surface area contributed by atoms with Crippen LogP contribution in [0.15, 0.2) is 48.5 Å². The molecule has 2 aromatic rings. The lowest BCUT2D eigenvalue weighted by atomic mass is 10.1. The topological polar surface area (TPSA) is 60.9 Å². The van der Waals surface area contributed by atoms with Crippen LogP contribution in [0, 0.1) is 0 Å². The number of carbonyl (C=O) groups is 1. The highest BCUT2D eigenvalue weighted by atomic mass is 35.5. The van der Waals surface area contributed by atoms with E-state index >= 15 is 0 Å². The molecule has 11 heteroatoms. The van der Waals surface area contributed by atoms with E-state index in [9.17, 15) is 26.4 Å². The molecule has 3 rings (SSSR count). The molecule has 0 spiro atoms. The fourth-order valence-corrected chi connectivity index (χ4v) is 4.88. The molecule has 1 aliphatic rings. The Morgan fingerprint density at radius 3 is 2.33 bits per heavy atom. The lowest BCUT2D eigenvalue weighted by molar-refractivity contribution is -0.137. The Kier molecular flexibility index (Phi) is 7.79. The molecule has 0 saturated carbocycles. The van der Waals surface area contributed by atoms with E-state index in [0.717, 1.165) is 18.4 Å². The minimum atomic E-state index is -4.40. The van der Waals surface area contributed by atoms with Crippen LogP contribution in [0.3, 0.4) is 0 Å². The average Bonchev–Trinajstić information content (AvgIpc) is 2.75. The number of hydrogen-bond donors (Lipinski definition) is 0. The van der Waals surface area contributed by atoms with Crippen LogP contribution in [0.4, 0.5) is 24.5 Å². The Labute approximate surface area is 196 Å². The molecule has 0 bridgehead atoms. The second-order valence-corrected chi connectivity index (χ2v) is 10.2. The predicted octanol–water partition coefficient (Wildman–Crippen LogP) is 4.25. The summed E-state index contributed by atoms with van der Waals surface area (Å²) in [5.41, 5.74) is 0.211. The summed E-state index contributed by atoms with van der Waals surface area (Å²) in [4.78, 5) is 16.1. The van der Waals surface area contributed by atoms with Gasteiger partial charge in [0.25, 0.3) is 0 Å². The smallest absolute Gasteiger partial charge is 0.368 e. The van der Waals surface area contributed by atoms with Gasteiger partial charge in [-0.2, -0.15) is 13.2 Å². The third kappa shape index (κ3) is 6.77. The van der Waals surface area contributed by atoms with Gasteiger partial charge >= 0.3 is 6.18 Å². The van der Waals surface area contributed by atoms with Gasteiger partial charge in [-0.05, 0) is 42.8 Å². The van der Waals surface area contributed by atoms with Crippen molar-refractivity contribution in [1.82, 2.24) is 4.90 Å². The summed E-state index contributed by atoms with van der Waals surface area (Å²) in [5, 5.41) is 0.413. The fourth-order valence-electron chi connectivity index (χ4n) is 3.74. The number of hydrogen-bond acceptors (Lipinski definition) is 4. The zero-order chi connectivity index (χ0) is 24.2. The van der Waals surface area contributed by atoms with E-state index in [1.165, 1.54) is 10.4 Å². The average molecular weight is 504 g/mol. The zero-order valence-corrected chi connectivity index (χ0v) is 19.6. The fraction of sp³-hybridized carbons (Fsp3) is 0.409. The first kappa shape index (κ1) is 25.2. The number of sulfonamides is 1. The Morgan fingerprint density at radius 1 is 1.06 bits per heavy atom. The quantitative estimate of drug-likeness (QED) is 0.566. The summed E-state index contributed by atoms with van der Waals surface area (Å²) in [6.45, 7) is 1.75. The molecular weight excluding hydrogens is 479 g/mol. The standard InChI is InChI=1S/C22H25ClF3N3O3S/c1-33(31,32)29(20-8-3-6-18(23)16-20)10-4-9-21(30)28-13-11-27(12-14-28)19-7-2-5-17(15-19)22(24,25)26/h2-3,5-8,15-16H,4,9-14H2,1H3. The minimum Gasteiger partial charge on any atom is -0.368 e. The third-order valence-corrected chi connectivity index (χ3v) is 6.85. The maximum atomic E-state index is 13.0. The van der Waals surface area contributed by atoms with Crippen molar-refractivity contribution in [2.75, 3.05) is 48.2 Å². The summed E-state index contributed by atoms with van der Waals surface area (Å²) in [5.74, 6) is -0.113. The van der Waals surface area contributed by atoms with E-state index in [1.807, 2.05) is 4.90 Å². The molecule has 1 saturated heterocycles. The Morgan fingerprint density at radius 2 is 1.73 bits per heavy atom. The molecule has 6 nitrogen and oxygen atoms in total. The molecule has 0 radical (unpaired) electrons. The molecule has 1 amide bonds. The highest BCUT2D eigenvalue weighted by Gasteiger charge is 2.31. The first-order chi connectivity index (χ1) is 15.4. The molecule has 1 heterocycles. The Hall–Kier alpha value is -2.46. The summed E-state index contributed by atoms with van der Waals surface area (Å²) in [6.07, 6.45) is -2.82. The molecule has 0 unspecified atom stereocenters. The van der Waals surface area contributed by atoms with Crippen LogP contribution in [0.25, 0.3) is 0 Å². The number of rotatable bonds is 7. The van der Waals surface area contributed by atoms with Crippen LogP contribution in [0.1, 0.15) is 18.4 Å². The van der Waals surface area contributed by atoms with Crippen LogP contribution >= 0.6 is 11.6 Å². The van der Waals surface area contributed by atoms with E-state index < -0.39 is 21.8 Å². The van der Waals surface area contributed by atoms with E-state index in [-0.39, 0.29) is 18.9 Å². The second-order valence-electron chi connectivity index (χ2n) is 7.83. The number of carbonyl (C=O) groups excluding carboxylic acids is 1. The molecular formula is C22H25ClF3N3O3S. The van der Waals surface area contributed by atoms with Gasteiger partial charge in [-0.3, -0.25) is 9.10 Å². The van der Waals surface area contributed by atoms with Crippen molar-refractivity contribution >= 4 is 38.9 Å². The summed E-state index contributed by atoms with van der Waals surface area (Å²) in [6, 6.07) is 11.7. The first-order valence-electron chi connectivity index (χ1n) is 10.4. The van der Waals surface area contributed by atoms with Crippen molar-refractivity contribution in [1.29, 1.82) is 0 Å². The van der Waals surface area contributed by atoms with Crippen molar-refractivity contribution in [3.63, 3.8) is 0 Å². The normalized spacial score (nSPS) is 14.9. The first-order valence-corrected chi connectivity index (χ1v) is 12.6. The van der Waals surface area contributed by atoms with Crippen molar-refractivity contribution in [3.05, 3.63) is 59.1 Å². The minimum absolute atomic E-state index is 0.113. The molecule has 0 N–H and O–H groups in total. The Bertz CT molecular complexity index is 1090. The molecule has 180 valence electrons. The van der Waals surface area contributed by atoms with Gasteiger partial charge in [-0.25, -0.2) is 8.42 Å². The SMILES string of the molecule is CS(=O)(=O)N(CCCC(=O)N1CCN(c2cccc(C(F)(F)F)c2)CC1)c1cccc(Cl)c1. The van der Waals surface area contributed by atoms with Gasteiger partial charge in [0.2, 0.25) is 15.9 Å². The van der Waals surface area contributed by atoms with Gasteiger partial charge in [0.1, 0.15) is 0 Å². The van der Waals surface area contributed by atoms with Crippen molar-refractivity contribution < 1.29 is 26.4 Å². The van der Waals surface area contributed by atoms with E-state index in [2.05, 4.69) is 0 Å². The molecule has 33 heavy (non-hydrogen) atoms. The van der Waals surface area contributed by atoms with Gasteiger partial charge in [-0.1, -0.05) is 23.7 Å². The monoisotopic (exact) mass is 503 g/mol. The maximum Gasteiger partial charge on any atom is 0.416 e. The number of benzene rings is 2. The van der Waals surface area contributed by atoms with Crippen LogP contribution in [-0.4, -0.2) is 58.2 Å². The van der Waals surface area contributed by atoms with Crippen LogP contribution in [0.2, 0.25) is 5.02 Å². The molecule has 1 aliphatic heterocycles. The second kappa shape index (κ2) is 10.2. The lowest BCUT2D eigenvalue weighted by Gasteiger charge is -2.36. The van der Waals surface area contributed by atoms with Crippen molar-refractivity contribution in [2.24, 2.45) is 0 Å². The van der Waals surface area contributed by atoms with E-state index in [1.54, 1.807) is 35.2 Å². The van der Waals surface area contributed by atoms with Crippen LogP contribution in [0.5, 0.6) is 0 Å². The van der Waals surface area contributed by atoms with Crippen LogP contribution in [-0.2, 0) is 21.0 Å². The number of nitrogens with zero attached hydrogens (tertiary/aromatic N) is 3. The molecule has 1 fully saturated rings. The van der Waals surface area contributed by atoms with E-state index in [4.69, 9.17) is 11.6 Å². The zero-order valence-electron chi connectivity index (χ0n) is 18.1. The van der Waals surface area contributed by atoms with Crippen molar-refractivity contribution in [3.8, 4) is 0 Å². The van der Waals surface area contributed by atoms with Gasteiger partial charge < -0.3 is 9.80 Å². The number of piperazine rings is 1. The van der Waals surface area contributed by atoms with E-state index in [0.29, 0.717) is 49.0 Å². The summed E-state index contributed by atoms with van der Waals surface area (Å²) in [7, 11) is -3.55. The summed E-state index contributed by atoms with van der Waals surface area (Å²) >= 11 is 5.97. The molecule has 0 atom stereocenters. The van der Waals surface area contributed by atoms with Gasteiger partial charge in [-0.15, -0.1) is 0 Å². The number of halogens is 4. The van der Waals surface area contributed by atoms with Gasteiger partial charge in [0, 0.05) is 49.9 Å².